The maximum atomic E-state index is 6.40. The van der Waals surface area contributed by atoms with Gasteiger partial charge in [0.2, 0.25) is 8.32 Å². The zero-order chi connectivity index (χ0) is 22.7. The number of hydrogen-bond donors (Lipinski definition) is 0. The monoisotopic (exact) mass is 468 g/mol. The zero-order valence-corrected chi connectivity index (χ0v) is 24.1. The Labute approximate surface area is 190 Å². The van der Waals surface area contributed by atoms with Gasteiger partial charge in [-0.3, -0.25) is 0 Å². The van der Waals surface area contributed by atoms with Crippen molar-refractivity contribution >= 4 is 30.1 Å². The average molecular weight is 469 g/mol. The molecule has 30 heavy (non-hydrogen) atoms. The molecule has 0 bridgehead atoms. The van der Waals surface area contributed by atoms with Crippen LogP contribution in [0, 0.1) is 5.92 Å². The number of hydrogen-bond acceptors (Lipinski definition) is 3. The SMILES string of the molecule is C[Si](C)(C)OCCCCC(CCCO[Si](C)(C)c1ccccc1)CCO[Si](C)(C)C. The third-order valence-electron chi connectivity index (χ3n) is 5.29. The second kappa shape index (κ2) is 13.3. The van der Waals surface area contributed by atoms with Crippen LogP contribution in [0.2, 0.25) is 52.4 Å². The van der Waals surface area contributed by atoms with Crippen LogP contribution in [0.15, 0.2) is 30.3 Å². The average Bonchev–Trinajstić information content (AvgIpc) is 2.63. The second-order valence-corrected chi connectivity index (χ2v) is 23.9. The molecule has 0 saturated heterocycles. The summed E-state index contributed by atoms with van der Waals surface area (Å²) < 4.78 is 18.6. The zero-order valence-electron chi connectivity index (χ0n) is 21.1. The van der Waals surface area contributed by atoms with Crippen molar-refractivity contribution in [2.45, 2.75) is 90.9 Å². The Bertz CT molecular complexity index is 565. The number of rotatable bonds is 16. The highest BCUT2D eigenvalue weighted by Gasteiger charge is 2.25. The highest BCUT2D eigenvalue weighted by molar-refractivity contribution is 6.84. The standard InChI is InChI=1S/C24H48O3Si3/c1-28(2,3)25-20-13-12-15-23(19-22-26-29(4,5)6)16-14-21-27-30(7,8)24-17-10-9-11-18-24/h9-11,17-18,23H,12-16,19-22H2,1-8H3. The third-order valence-corrected chi connectivity index (χ3v) is 10.1. The minimum atomic E-state index is -1.79. The minimum absolute atomic E-state index is 0.735. The van der Waals surface area contributed by atoms with Crippen LogP contribution in [0.5, 0.6) is 0 Å². The van der Waals surface area contributed by atoms with Crippen LogP contribution in [0.4, 0.5) is 0 Å². The molecule has 0 fully saturated rings. The van der Waals surface area contributed by atoms with E-state index in [9.17, 15) is 0 Å². The quantitative estimate of drug-likeness (QED) is 0.198. The van der Waals surface area contributed by atoms with Gasteiger partial charge >= 0.3 is 0 Å². The lowest BCUT2D eigenvalue weighted by Crippen LogP contribution is -2.44. The summed E-state index contributed by atoms with van der Waals surface area (Å²) in [5, 5.41) is 1.38. The van der Waals surface area contributed by atoms with Gasteiger partial charge in [0.1, 0.15) is 0 Å². The summed E-state index contributed by atoms with van der Waals surface area (Å²) in [6, 6.07) is 10.7. The van der Waals surface area contributed by atoms with Crippen molar-refractivity contribution < 1.29 is 13.3 Å². The molecule has 0 spiro atoms. The summed E-state index contributed by atoms with van der Waals surface area (Å²) >= 11 is 0. The summed E-state index contributed by atoms with van der Waals surface area (Å²) in [6.07, 6.45) is 7.28. The Morgan fingerprint density at radius 1 is 0.600 bits per heavy atom. The Hall–Kier alpha value is -0.249. The molecular weight excluding hydrogens is 421 g/mol. The summed E-state index contributed by atoms with van der Waals surface area (Å²) in [7, 11) is -4.59. The van der Waals surface area contributed by atoms with Crippen molar-refractivity contribution in [3.05, 3.63) is 30.3 Å². The molecule has 1 aromatic carbocycles. The first-order chi connectivity index (χ1) is 13.9. The summed E-state index contributed by atoms with van der Waals surface area (Å²) in [5.41, 5.74) is 0. The van der Waals surface area contributed by atoms with Crippen LogP contribution in [-0.4, -0.2) is 44.8 Å². The first-order valence-corrected chi connectivity index (χ1v) is 21.6. The third kappa shape index (κ3) is 13.9. The van der Waals surface area contributed by atoms with E-state index < -0.39 is 25.0 Å². The van der Waals surface area contributed by atoms with Crippen LogP contribution in [-0.2, 0) is 13.3 Å². The highest BCUT2D eigenvalue weighted by Crippen LogP contribution is 2.21. The van der Waals surface area contributed by atoms with E-state index in [1.807, 2.05) is 0 Å². The van der Waals surface area contributed by atoms with Gasteiger partial charge in [0, 0.05) is 19.8 Å². The Morgan fingerprint density at radius 3 is 1.73 bits per heavy atom. The molecule has 0 aliphatic rings. The summed E-state index contributed by atoms with van der Waals surface area (Å²) in [6.45, 7) is 21.0. The Kier molecular flexibility index (Phi) is 12.3. The van der Waals surface area contributed by atoms with Gasteiger partial charge in [-0.05, 0) is 89.2 Å². The fourth-order valence-corrected chi connectivity index (χ4v) is 6.80. The summed E-state index contributed by atoms with van der Waals surface area (Å²) in [5.74, 6) is 0.735. The molecule has 1 unspecified atom stereocenters. The van der Waals surface area contributed by atoms with E-state index in [-0.39, 0.29) is 0 Å². The van der Waals surface area contributed by atoms with Gasteiger partial charge in [-0.1, -0.05) is 43.2 Å². The van der Waals surface area contributed by atoms with Gasteiger partial charge in [0.05, 0.1) is 0 Å². The predicted molar refractivity (Wildman–Crippen MR) is 139 cm³/mol. The van der Waals surface area contributed by atoms with Crippen molar-refractivity contribution in [3.63, 3.8) is 0 Å². The molecule has 174 valence electrons. The number of benzene rings is 1. The molecule has 0 amide bonds. The Balaban J connectivity index is 2.39. The van der Waals surface area contributed by atoms with Gasteiger partial charge in [0.25, 0.3) is 0 Å². The van der Waals surface area contributed by atoms with Crippen LogP contribution in [0.25, 0.3) is 0 Å². The van der Waals surface area contributed by atoms with Gasteiger partial charge < -0.3 is 13.3 Å². The molecular formula is C24H48O3Si3. The van der Waals surface area contributed by atoms with E-state index in [1.54, 1.807) is 0 Å². The lowest BCUT2D eigenvalue weighted by molar-refractivity contribution is 0.234. The Morgan fingerprint density at radius 2 is 1.13 bits per heavy atom. The fourth-order valence-electron chi connectivity index (χ4n) is 3.50. The van der Waals surface area contributed by atoms with Gasteiger partial charge in [-0.2, -0.15) is 0 Å². The lowest BCUT2D eigenvalue weighted by atomic mass is 9.94. The maximum Gasteiger partial charge on any atom is 0.218 e. The molecule has 3 nitrogen and oxygen atoms in total. The molecule has 0 radical (unpaired) electrons. The molecule has 0 aromatic heterocycles. The van der Waals surface area contributed by atoms with E-state index in [1.165, 1.54) is 37.3 Å². The molecule has 1 atom stereocenters. The van der Waals surface area contributed by atoms with E-state index >= 15 is 0 Å². The van der Waals surface area contributed by atoms with Crippen LogP contribution < -0.4 is 5.19 Å². The topological polar surface area (TPSA) is 27.7 Å². The molecule has 1 rings (SSSR count). The maximum absolute atomic E-state index is 6.40. The molecule has 6 heteroatoms. The molecule has 0 heterocycles. The van der Waals surface area contributed by atoms with Crippen molar-refractivity contribution in [1.82, 2.24) is 0 Å². The van der Waals surface area contributed by atoms with Crippen LogP contribution in [0.3, 0.4) is 0 Å². The van der Waals surface area contributed by atoms with Crippen LogP contribution >= 0.6 is 0 Å². The van der Waals surface area contributed by atoms with E-state index in [4.69, 9.17) is 13.3 Å². The number of unbranched alkanes of at least 4 members (excludes halogenated alkanes) is 1. The second-order valence-electron chi connectivity index (χ2n) is 10.9. The van der Waals surface area contributed by atoms with Gasteiger partial charge in [-0.25, -0.2) is 0 Å². The lowest BCUT2D eigenvalue weighted by Gasteiger charge is -2.25. The largest absolute Gasteiger partial charge is 0.418 e. The van der Waals surface area contributed by atoms with Crippen molar-refractivity contribution in [2.75, 3.05) is 19.8 Å². The molecule has 0 N–H and O–H groups in total. The van der Waals surface area contributed by atoms with Crippen LogP contribution in [0.1, 0.15) is 38.5 Å². The van der Waals surface area contributed by atoms with Gasteiger partial charge in [0.15, 0.2) is 16.6 Å². The molecule has 1 aromatic rings. The van der Waals surface area contributed by atoms with E-state index in [0.29, 0.717) is 0 Å². The van der Waals surface area contributed by atoms with Crippen molar-refractivity contribution in [3.8, 4) is 0 Å². The van der Waals surface area contributed by atoms with Gasteiger partial charge in [-0.15, -0.1) is 0 Å². The fraction of sp³-hybridized carbons (Fsp3) is 0.750. The first kappa shape index (κ1) is 27.8. The van der Waals surface area contributed by atoms with E-state index in [2.05, 4.69) is 82.7 Å². The minimum Gasteiger partial charge on any atom is -0.418 e. The molecule has 0 saturated carbocycles. The van der Waals surface area contributed by atoms with Crippen molar-refractivity contribution in [2.24, 2.45) is 5.92 Å². The first-order valence-electron chi connectivity index (χ1n) is 11.9. The normalized spacial score (nSPS) is 14.1. The van der Waals surface area contributed by atoms with E-state index in [0.717, 1.165) is 32.2 Å². The van der Waals surface area contributed by atoms with Crippen molar-refractivity contribution in [1.29, 1.82) is 0 Å². The predicted octanol–water partition coefficient (Wildman–Crippen LogP) is 6.78. The smallest absolute Gasteiger partial charge is 0.218 e. The molecule has 0 aliphatic carbocycles. The molecule has 0 aliphatic heterocycles. The highest BCUT2D eigenvalue weighted by atomic mass is 28.4. The summed E-state index contributed by atoms with van der Waals surface area (Å²) in [4.78, 5) is 0.